The van der Waals surface area contributed by atoms with Crippen LogP contribution in [0.1, 0.15) is 87.1 Å². The highest BCUT2D eigenvalue weighted by Crippen LogP contribution is 2.32. The van der Waals surface area contributed by atoms with Crippen molar-refractivity contribution in [3.63, 3.8) is 0 Å². The van der Waals surface area contributed by atoms with Crippen molar-refractivity contribution in [3.05, 3.63) is 65.7 Å². The molecule has 2 N–H and O–H groups in total. The molecule has 0 bridgehead atoms. The molecule has 1 amide bonds. The molecular weight excluding hydrogens is 422 g/mol. The molecule has 4 nitrogen and oxygen atoms in total. The molecule has 3 aromatic rings. The number of anilines is 1. The van der Waals surface area contributed by atoms with Gasteiger partial charge >= 0.3 is 0 Å². The lowest BCUT2D eigenvalue weighted by Gasteiger charge is -2.12. The van der Waals surface area contributed by atoms with Crippen molar-refractivity contribution in [3.8, 4) is 11.5 Å². The number of benzene rings is 3. The number of hydrogen-bond donors (Lipinski definition) is 2. The Morgan fingerprint density at radius 3 is 2.06 bits per heavy atom. The first-order valence-electron chi connectivity index (χ1n) is 12.9. The van der Waals surface area contributed by atoms with Crippen LogP contribution in [-0.4, -0.2) is 17.6 Å². The van der Waals surface area contributed by atoms with Crippen LogP contribution in [-0.2, 0) is 0 Å². The lowest BCUT2D eigenvalue weighted by molar-refractivity contribution is 0.102. The fourth-order valence-corrected chi connectivity index (χ4v) is 4.33. The highest BCUT2D eigenvalue weighted by atomic mass is 16.5. The third kappa shape index (κ3) is 7.51. The molecular formula is C30H39NO3. The number of ether oxygens (including phenoxy) is 1. The second-order valence-electron chi connectivity index (χ2n) is 9.14. The minimum Gasteiger partial charge on any atom is -0.506 e. The van der Waals surface area contributed by atoms with Crippen molar-refractivity contribution >= 4 is 22.4 Å². The third-order valence-electron chi connectivity index (χ3n) is 6.35. The first kappa shape index (κ1) is 25.6. The maximum absolute atomic E-state index is 12.8. The van der Waals surface area contributed by atoms with Gasteiger partial charge in [-0.1, -0.05) is 89.0 Å². The van der Waals surface area contributed by atoms with Crippen LogP contribution in [0.25, 0.3) is 10.8 Å². The van der Waals surface area contributed by atoms with Crippen molar-refractivity contribution in [2.24, 2.45) is 0 Å². The first-order chi connectivity index (χ1) is 16.6. The van der Waals surface area contributed by atoms with Crippen molar-refractivity contribution in [2.75, 3.05) is 11.9 Å². The Bertz CT molecular complexity index is 1040. The van der Waals surface area contributed by atoms with Crippen molar-refractivity contribution in [1.82, 2.24) is 0 Å². The fraction of sp³-hybridized carbons (Fsp3) is 0.433. The molecule has 0 fully saturated rings. The Balaban J connectivity index is 1.39. The lowest BCUT2D eigenvalue weighted by Crippen LogP contribution is -2.12. The molecule has 0 atom stereocenters. The van der Waals surface area contributed by atoms with Crippen LogP contribution >= 0.6 is 0 Å². The van der Waals surface area contributed by atoms with E-state index in [1.54, 1.807) is 6.07 Å². The molecule has 0 saturated carbocycles. The number of fused-ring (bicyclic) bond motifs is 1. The van der Waals surface area contributed by atoms with E-state index in [0.717, 1.165) is 23.1 Å². The van der Waals surface area contributed by atoms with Gasteiger partial charge in [-0.25, -0.2) is 0 Å². The number of phenolic OH excluding ortho intramolecular Hbond substituents is 1. The molecule has 0 aliphatic rings. The number of unbranched alkanes of at least 4 members (excludes halogenated alkanes) is 9. The average Bonchev–Trinajstić information content (AvgIpc) is 2.85. The summed E-state index contributed by atoms with van der Waals surface area (Å²) in [6, 6.07) is 16.7. The van der Waals surface area contributed by atoms with Crippen LogP contribution in [0, 0.1) is 6.92 Å². The highest BCUT2D eigenvalue weighted by molar-refractivity contribution is 6.10. The smallest absolute Gasteiger partial charge is 0.259 e. The largest absolute Gasteiger partial charge is 0.506 e. The van der Waals surface area contributed by atoms with Gasteiger partial charge in [-0.15, -0.1) is 0 Å². The molecule has 0 aliphatic carbocycles. The van der Waals surface area contributed by atoms with Crippen LogP contribution in [0.2, 0.25) is 0 Å². The Morgan fingerprint density at radius 2 is 1.41 bits per heavy atom. The molecule has 0 unspecified atom stereocenters. The van der Waals surface area contributed by atoms with Crippen molar-refractivity contribution in [1.29, 1.82) is 0 Å². The number of phenols is 1. The Kier molecular flexibility index (Phi) is 10.3. The summed E-state index contributed by atoms with van der Waals surface area (Å²) in [7, 11) is 0. The van der Waals surface area contributed by atoms with E-state index in [4.69, 9.17) is 4.74 Å². The van der Waals surface area contributed by atoms with Crippen molar-refractivity contribution < 1.29 is 14.6 Å². The van der Waals surface area contributed by atoms with Crippen LogP contribution in [0.15, 0.2) is 54.6 Å². The van der Waals surface area contributed by atoms with Gasteiger partial charge in [-0.05, 0) is 54.6 Å². The maximum atomic E-state index is 12.8. The van der Waals surface area contributed by atoms with E-state index in [2.05, 4.69) is 12.2 Å². The molecule has 34 heavy (non-hydrogen) atoms. The Morgan fingerprint density at radius 1 is 0.824 bits per heavy atom. The molecule has 0 aliphatic heterocycles. The number of amides is 1. The third-order valence-corrected chi connectivity index (χ3v) is 6.35. The second kappa shape index (κ2) is 13.6. The molecule has 0 saturated heterocycles. The summed E-state index contributed by atoms with van der Waals surface area (Å²) in [5.74, 6) is 0.485. The maximum Gasteiger partial charge on any atom is 0.259 e. The Hall–Kier alpha value is -3.01. The zero-order chi connectivity index (χ0) is 24.2. The minimum atomic E-state index is -0.328. The molecule has 4 heteroatoms. The van der Waals surface area contributed by atoms with Gasteiger partial charge in [0, 0.05) is 11.1 Å². The van der Waals surface area contributed by atoms with Gasteiger partial charge in [0.1, 0.15) is 11.5 Å². The summed E-state index contributed by atoms with van der Waals surface area (Å²) in [4.78, 5) is 12.8. The van der Waals surface area contributed by atoms with Gasteiger partial charge in [-0.2, -0.15) is 0 Å². The molecule has 182 valence electrons. The van der Waals surface area contributed by atoms with Crippen LogP contribution < -0.4 is 10.1 Å². The Labute approximate surface area is 204 Å². The zero-order valence-electron chi connectivity index (χ0n) is 20.7. The van der Waals surface area contributed by atoms with Crippen molar-refractivity contribution in [2.45, 2.75) is 78.1 Å². The highest BCUT2D eigenvalue weighted by Gasteiger charge is 2.16. The number of carbonyl (C=O) groups excluding carboxylic acids is 1. The molecule has 0 radical (unpaired) electrons. The number of aromatic hydroxyl groups is 1. The SMILES string of the molecule is CCCCCCCCCCCCOc1ccc(NC(=O)c2cc(C)c3ccccc3c2O)cc1. The summed E-state index contributed by atoms with van der Waals surface area (Å²) in [6.07, 6.45) is 13.1. The topological polar surface area (TPSA) is 58.6 Å². The quantitative estimate of drug-likeness (QED) is 0.237. The predicted molar refractivity (Wildman–Crippen MR) is 142 cm³/mol. The van der Waals surface area contributed by atoms with Gasteiger partial charge in [0.2, 0.25) is 0 Å². The van der Waals surface area contributed by atoms with E-state index in [1.807, 2.05) is 55.5 Å². The van der Waals surface area contributed by atoms with E-state index in [9.17, 15) is 9.90 Å². The van der Waals surface area contributed by atoms with E-state index in [1.165, 1.54) is 57.8 Å². The number of hydrogen-bond acceptors (Lipinski definition) is 3. The summed E-state index contributed by atoms with van der Waals surface area (Å²) in [5.41, 5.74) is 1.90. The summed E-state index contributed by atoms with van der Waals surface area (Å²) < 4.78 is 5.85. The predicted octanol–water partition coefficient (Wildman–Crippen LogP) is 8.41. The molecule has 0 heterocycles. The molecule has 0 aromatic heterocycles. The normalized spacial score (nSPS) is 11.0. The van der Waals surface area contributed by atoms with Crippen LogP contribution in [0.5, 0.6) is 11.5 Å². The minimum absolute atomic E-state index is 0.00939. The summed E-state index contributed by atoms with van der Waals surface area (Å²) in [5, 5.41) is 15.1. The van der Waals surface area contributed by atoms with E-state index in [0.29, 0.717) is 17.7 Å². The number of aryl methyl sites for hydroxylation is 1. The number of carbonyl (C=O) groups is 1. The van der Waals surface area contributed by atoms with Gasteiger partial charge in [0.05, 0.1) is 12.2 Å². The van der Waals surface area contributed by atoms with E-state index >= 15 is 0 Å². The second-order valence-corrected chi connectivity index (χ2v) is 9.14. The van der Waals surface area contributed by atoms with Gasteiger partial charge in [0.25, 0.3) is 5.91 Å². The standard InChI is InChI=1S/C30H39NO3/c1-3-4-5-6-7-8-9-10-11-14-21-34-25-19-17-24(18-20-25)31-30(33)28-22-23(2)26-15-12-13-16-27(26)29(28)32/h12-13,15-20,22,32H,3-11,14,21H2,1-2H3,(H,31,33). The first-order valence-corrected chi connectivity index (χ1v) is 12.9. The van der Waals surface area contributed by atoms with Gasteiger partial charge in [-0.3, -0.25) is 4.79 Å². The molecule has 0 spiro atoms. The van der Waals surface area contributed by atoms with E-state index in [-0.39, 0.29) is 17.2 Å². The van der Waals surface area contributed by atoms with Gasteiger partial charge in [0.15, 0.2) is 0 Å². The summed E-state index contributed by atoms with van der Waals surface area (Å²) in [6.45, 7) is 4.92. The van der Waals surface area contributed by atoms with Crippen LogP contribution in [0.3, 0.4) is 0 Å². The molecule has 3 aromatic carbocycles. The monoisotopic (exact) mass is 461 g/mol. The fourth-order valence-electron chi connectivity index (χ4n) is 4.33. The lowest BCUT2D eigenvalue weighted by atomic mass is 10.00. The average molecular weight is 462 g/mol. The van der Waals surface area contributed by atoms with Gasteiger partial charge < -0.3 is 15.2 Å². The summed E-state index contributed by atoms with van der Waals surface area (Å²) >= 11 is 0. The number of nitrogens with one attached hydrogen (secondary N) is 1. The van der Waals surface area contributed by atoms with Crippen LogP contribution in [0.4, 0.5) is 5.69 Å². The molecule has 3 rings (SSSR count). The number of rotatable bonds is 14. The van der Waals surface area contributed by atoms with E-state index < -0.39 is 0 Å². The zero-order valence-corrected chi connectivity index (χ0v) is 20.7.